The molecule has 0 aliphatic carbocycles. The third-order valence-electron chi connectivity index (χ3n) is 3.77. The van der Waals surface area contributed by atoms with Gasteiger partial charge in [-0.05, 0) is 42.8 Å². The normalized spacial score (nSPS) is 24.5. The van der Waals surface area contributed by atoms with Gasteiger partial charge in [0, 0.05) is 24.5 Å². The summed E-state index contributed by atoms with van der Waals surface area (Å²) in [5.74, 6) is 0.568. The summed E-state index contributed by atoms with van der Waals surface area (Å²) in [6.45, 7) is 3.67. The van der Waals surface area contributed by atoms with Crippen LogP contribution in [0.5, 0.6) is 0 Å². The molecule has 1 atom stereocenters. The van der Waals surface area contributed by atoms with Gasteiger partial charge in [0.05, 0.1) is 5.92 Å². The van der Waals surface area contributed by atoms with Crippen LogP contribution in [0, 0.1) is 5.92 Å². The van der Waals surface area contributed by atoms with Crippen LogP contribution < -0.4 is 5.32 Å². The SMILES string of the molecule is O=C([C@@H]1CCCNC1)N1CCc2sccc2C1. The molecule has 0 radical (unpaired) electrons. The van der Waals surface area contributed by atoms with Crippen LogP contribution in [0.2, 0.25) is 0 Å². The number of nitrogens with one attached hydrogen (secondary N) is 1. The van der Waals surface area contributed by atoms with Crippen LogP contribution in [0.25, 0.3) is 0 Å². The molecule has 1 fully saturated rings. The summed E-state index contributed by atoms with van der Waals surface area (Å²) >= 11 is 1.82. The van der Waals surface area contributed by atoms with Crippen molar-refractivity contribution in [2.75, 3.05) is 19.6 Å². The van der Waals surface area contributed by atoms with Crippen molar-refractivity contribution in [2.45, 2.75) is 25.8 Å². The first-order valence-electron chi connectivity index (χ1n) is 6.39. The molecule has 0 aromatic carbocycles. The number of thiophene rings is 1. The number of carbonyl (C=O) groups excluding carboxylic acids is 1. The van der Waals surface area contributed by atoms with Crippen molar-refractivity contribution >= 4 is 17.2 Å². The van der Waals surface area contributed by atoms with Crippen LogP contribution in [-0.2, 0) is 17.8 Å². The fourth-order valence-corrected chi connectivity index (χ4v) is 3.65. The molecule has 0 saturated carbocycles. The van der Waals surface area contributed by atoms with Crippen LogP contribution >= 0.6 is 11.3 Å². The molecule has 3 heterocycles. The number of piperidine rings is 1. The molecule has 3 rings (SSSR count). The van der Waals surface area contributed by atoms with Gasteiger partial charge in [-0.2, -0.15) is 0 Å². The van der Waals surface area contributed by atoms with E-state index in [1.54, 1.807) is 0 Å². The third-order valence-corrected chi connectivity index (χ3v) is 4.79. The molecule has 92 valence electrons. The Hall–Kier alpha value is -0.870. The zero-order valence-electron chi connectivity index (χ0n) is 9.95. The van der Waals surface area contributed by atoms with Crippen molar-refractivity contribution in [3.05, 3.63) is 21.9 Å². The number of carbonyl (C=O) groups is 1. The van der Waals surface area contributed by atoms with Crippen molar-refractivity contribution in [3.8, 4) is 0 Å². The maximum atomic E-state index is 12.4. The van der Waals surface area contributed by atoms with Gasteiger partial charge in [-0.1, -0.05) is 0 Å². The molecular formula is C13H18N2OS. The van der Waals surface area contributed by atoms with Crippen LogP contribution in [0.3, 0.4) is 0 Å². The summed E-state index contributed by atoms with van der Waals surface area (Å²) in [7, 11) is 0. The van der Waals surface area contributed by atoms with E-state index in [4.69, 9.17) is 0 Å². The molecule has 17 heavy (non-hydrogen) atoms. The van der Waals surface area contributed by atoms with Gasteiger partial charge in [0.2, 0.25) is 5.91 Å². The summed E-state index contributed by atoms with van der Waals surface area (Å²) < 4.78 is 0. The average Bonchev–Trinajstić information content (AvgIpc) is 2.86. The molecule has 1 saturated heterocycles. The monoisotopic (exact) mass is 250 g/mol. The second kappa shape index (κ2) is 4.78. The highest BCUT2D eigenvalue weighted by atomic mass is 32.1. The van der Waals surface area contributed by atoms with Crippen molar-refractivity contribution in [3.63, 3.8) is 0 Å². The minimum atomic E-state index is 0.212. The molecule has 1 N–H and O–H groups in total. The maximum Gasteiger partial charge on any atom is 0.227 e. The Morgan fingerprint density at radius 1 is 1.53 bits per heavy atom. The minimum Gasteiger partial charge on any atom is -0.338 e. The smallest absolute Gasteiger partial charge is 0.227 e. The van der Waals surface area contributed by atoms with E-state index >= 15 is 0 Å². The number of nitrogens with zero attached hydrogens (tertiary/aromatic N) is 1. The number of hydrogen-bond acceptors (Lipinski definition) is 3. The molecule has 1 aromatic rings. The third kappa shape index (κ3) is 2.24. The highest BCUT2D eigenvalue weighted by Crippen LogP contribution is 2.25. The first-order chi connectivity index (χ1) is 8.34. The lowest BCUT2D eigenvalue weighted by Crippen LogP contribution is -2.44. The van der Waals surface area contributed by atoms with Gasteiger partial charge < -0.3 is 10.2 Å². The molecule has 2 aliphatic heterocycles. The van der Waals surface area contributed by atoms with Crippen molar-refractivity contribution in [1.82, 2.24) is 10.2 Å². The lowest BCUT2D eigenvalue weighted by molar-refractivity contribution is -0.137. The van der Waals surface area contributed by atoms with Gasteiger partial charge in [0.15, 0.2) is 0 Å². The molecule has 0 bridgehead atoms. The topological polar surface area (TPSA) is 32.3 Å². The van der Waals surface area contributed by atoms with Crippen molar-refractivity contribution < 1.29 is 4.79 Å². The largest absolute Gasteiger partial charge is 0.338 e. The van der Waals surface area contributed by atoms with Gasteiger partial charge in [-0.25, -0.2) is 0 Å². The number of amides is 1. The first kappa shape index (κ1) is 11.2. The summed E-state index contributed by atoms with van der Waals surface area (Å²) in [6.07, 6.45) is 3.23. The highest BCUT2D eigenvalue weighted by Gasteiger charge is 2.28. The summed E-state index contributed by atoms with van der Waals surface area (Å²) in [5.41, 5.74) is 1.36. The maximum absolute atomic E-state index is 12.4. The molecule has 1 amide bonds. The van der Waals surface area contributed by atoms with Crippen LogP contribution in [0.1, 0.15) is 23.3 Å². The second-order valence-corrected chi connectivity index (χ2v) is 5.92. The summed E-state index contributed by atoms with van der Waals surface area (Å²) in [4.78, 5) is 15.9. The molecule has 0 unspecified atom stereocenters. The quantitative estimate of drug-likeness (QED) is 0.821. The molecule has 4 heteroatoms. The van der Waals surface area contributed by atoms with E-state index in [1.807, 2.05) is 16.2 Å². The second-order valence-electron chi connectivity index (χ2n) is 4.92. The molecule has 2 aliphatic rings. The van der Waals surface area contributed by atoms with E-state index in [9.17, 15) is 4.79 Å². The van der Waals surface area contributed by atoms with Crippen LogP contribution in [0.15, 0.2) is 11.4 Å². The Balaban J connectivity index is 1.67. The molecule has 1 aromatic heterocycles. The number of hydrogen-bond donors (Lipinski definition) is 1. The van der Waals surface area contributed by atoms with Crippen molar-refractivity contribution in [2.24, 2.45) is 5.92 Å². The average molecular weight is 250 g/mol. The van der Waals surface area contributed by atoms with Crippen LogP contribution in [0.4, 0.5) is 0 Å². The van der Waals surface area contributed by atoms with Gasteiger partial charge in [0.1, 0.15) is 0 Å². The van der Waals surface area contributed by atoms with Crippen molar-refractivity contribution in [1.29, 1.82) is 0 Å². The lowest BCUT2D eigenvalue weighted by Gasteiger charge is -2.32. The predicted octanol–water partition coefficient (Wildman–Crippen LogP) is 1.63. The van der Waals surface area contributed by atoms with Gasteiger partial charge in [0.25, 0.3) is 0 Å². The molecular weight excluding hydrogens is 232 g/mol. The van der Waals surface area contributed by atoms with Crippen LogP contribution in [-0.4, -0.2) is 30.4 Å². The van der Waals surface area contributed by atoms with E-state index < -0.39 is 0 Å². The zero-order chi connectivity index (χ0) is 11.7. The molecule has 3 nitrogen and oxygen atoms in total. The Morgan fingerprint density at radius 2 is 2.47 bits per heavy atom. The van der Waals surface area contributed by atoms with Gasteiger partial charge in [-0.3, -0.25) is 4.79 Å². The Morgan fingerprint density at radius 3 is 3.29 bits per heavy atom. The van der Waals surface area contributed by atoms with Gasteiger partial charge >= 0.3 is 0 Å². The minimum absolute atomic E-state index is 0.212. The fourth-order valence-electron chi connectivity index (χ4n) is 2.76. The Kier molecular flexibility index (Phi) is 3.16. The summed E-state index contributed by atoms with van der Waals surface area (Å²) in [6, 6.07) is 2.17. The Labute approximate surface area is 106 Å². The zero-order valence-corrected chi connectivity index (χ0v) is 10.8. The first-order valence-corrected chi connectivity index (χ1v) is 7.27. The van der Waals surface area contributed by atoms with E-state index in [2.05, 4.69) is 16.8 Å². The predicted molar refractivity (Wildman–Crippen MR) is 69.0 cm³/mol. The standard InChI is InChI=1S/C13H18N2OS/c16-13(10-2-1-5-14-8-10)15-6-3-12-11(9-15)4-7-17-12/h4,7,10,14H,1-3,5-6,8-9H2/t10-/m1/s1. The summed E-state index contributed by atoms with van der Waals surface area (Å²) in [5, 5.41) is 5.46. The van der Waals surface area contributed by atoms with E-state index in [0.717, 1.165) is 45.4 Å². The van der Waals surface area contributed by atoms with E-state index in [-0.39, 0.29) is 5.92 Å². The highest BCUT2D eigenvalue weighted by molar-refractivity contribution is 7.10. The van der Waals surface area contributed by atoms with E-state index in [0.29, 0.717) is 5.91 Å². The van der Waals surface area contributed by atoms with E-state index in [1.165, 1.54) is 10.4 Å². The molecule has 0 spiro atoms. The lowest BCUT2D eigenvalue weighted by atomic mass is 9.97. The fraction of sp³-hybridized carbons (Fsp3) is 0.615. The van der Waals surface area contributed by atoms with Gasteiger partial charge in [-0.15, -0.1) is 11.3 Å². The number of rotatable bonds is 1. The Bertz CT molecular complexity index is 409. The number of fused-ring (bicyclic) bond motifs is 1.